The topological polar surface area (TPSA) is 178 Å². The van der Waals surface area contributed by atoms with Gasteiger partial charge in [0, 0.05) is 96.9 Å². The number of hydrogen-bond donors (Lipinski definition) is 4. The van der Waals surface area contributed by atoms with Crippen molar-refractivity contribution in [3.05, 3.63) is 58.4 Å². The van der Waals surface area contributed by atoms with Crippen molar-refractivity contribution < 1.29 is 19.2 Å². The van der Waals surface area contributed by atoms with E-state index in [0.29, 0.717) is 34.5 Å². The van der Waals surface area contributed by atoms with E-state index in [1.165, 1.54) is 13.8 Å². The molecule has 0 radical (unpaired) electrons. The number of anilines is 2. The molecule has 0 unspecified atom stereocenters. The Bertz CT molecular complexity index is 2130. The molecule has 4 aromatic rings. The van der Waals surface area contributed by atoms with E-state index < -0.39 is 0 Å². The van der Waals surface area contributed by atoms with Crippen molar-refractivity contribution in [2.45, 2.75) is 131 Å². The molecule has 4 N–H and O–H groups in total. The zero-order valence-electron chi connectivity index (χ0n) is 35.3. The molecule has 4 atom stereocenters. The van der Waals surface area contributed by atoms with Crippen molar-refractivity contribution in [1.29, 1.82) is 0 Å². The molecule has 0 aromatic carbocycles. The number of carbonyl (C=O) groups is 4. The van der Waals surface area contributed by atoms with Gasteiger partial charge < -0.3 is 21.3 Å². The Morgan fingerprint density at radius 3 is 1.40 bits per heavy atom. The van der Waals surface area contributed by atoms with Gasteiger partial charge >= 0.3 is 0 Å². The van der Waals surface area contributed by atoms with Gasteiger partial charge in [-0.15, -0.1) is 0 Å². The highest BCUT2D eigenvalue weighted by atomic mass is 35.5. The lowest BCUT2D eigenvalue weighted by molar-refractivity contribution is -0.123. The predicted molar refractivity (Wildman–Crippen MR) is 232 cm³/mol. The highest BCUT2D eigenvalue weighted by Gasteiger charge is 2.34. The van der Waals surface area contributed by atoms with Gasteiger partial charge in [0.05, 0.1) is 22.4 Å². The van der Waals surface area contributed by atoms with Gasteiger partial charge in [-0.05, 0) is 74.3 Å². The van der Waals surface area contributed by atoms with Gasteiger partial charge in [-0.2, -0.15) is 10.2 Å². The quantitative estimate of drug-likeness (QED) is 0.140. The molecule has 14 nitrogen and oxygen atoms in total. The summed E-state index contributed by atoms with van der Waals surface area (Å²) in [5, 5.41) is 21.9. The number of nitrogens with zero attached hydrogens (tertiary/aromatic N) is 6. The number of carbonyl (C=O) groups excluding carboxylic acids is 4. The second-order valence-electron chi connectivity index (χ2n) is 18.6. The van der Waals surface area contributed by atoms with E-state index in [0.717, 1.165) is 98.1 Å². The molecule has 4 amide bonds. The molecule has 320 valence electrons. The van der Waals surface area contributed by atoms with Crippen LogP contribution in [0.2, 0.25) is 10.0 Å². The predicted octanol–water partition coefficient (Wildman–Crippen LogP) is 7.63. The van der Waals surface area contributed by atoms with Crippen LogP contribution in [0, 0.1) is 22.7 Å². The Morgan fingerprint density at radius 1 is 0.617 bits per heavy atom. The fraction of sp³-hybridized carbons (Fsp3) is 0.545. The fourth-order valence-electron chi connectivity index (χ4n) is 9.32. The minimum Gasteiger partial charge on any atom is -0.354 e. The number of nitrogens with one attached hydrogen (secondary N) is 4. The molecule has 6 heterocycles. The maximum Gasteiger partial charge on any atom is 0.228 e. The first kappa shape index (κ1) is 43.3. The smallest absolute Gasteiger partial charge is 0.228 e. The molecule has 0 spiro atoms. The molecular formula is C44H56Cl2N10O4. The van der Waals surface area contributed by atoms with E-state index in [9.17, 15) is 19.2 Å². The Kier molecular flexibility index (Phi) is 12.7. The lowest BCUT2D eigenvalue weighted by Gasteiger charge is -2.28. The van der Waals surface area contributed by atoms with Gasteiger partial charge in [0.15, 0.2) is 0 Å². The molecule has 0 bridgehead atoms. The van der Waals surface area contributed by atoms with E-state index in [1.54, 1.807) is 12.4 Å². The minimum atomic E-state index is -0.141. The van der Waals surface area contributed by atoms with Crippen molar-refractivity contribution in [2.75, 3.05) is 10.6 Å². The van der Waals surface area contributed by atoms with Gasteiger partial charge in [-0.1, -0.05) is 63.7 Å². The fourth-order valence-corrected chi connectivity index (χ4v) is 9.73. The minimum absolute atomic E-state index is 0.0537. The van der Waals surface area contributed by atoms with E-state index in [4.69, 9.17) is 23.2 Å². The largest absolute Gasteiger partial charge is 0.354 e. The third-order valence-corrected chi connectivity index (χ3v) is 12.6. The van der Waals surface area contributed by atoms with E-state index in [2.05, 4.69) is 69.1 Å². The number of rotatable bonds is 8. The first-order valence-electron chi connectivity index (χ1n) is 21.0. The van der Waals surface area contributed by atoms with Gasteiger partial charge in [0.25, 0.3) is 0 Å². The van der Waals surface area contributed by atoms with Crippen LogP contribution in [0.1, 0.15) is 104 Å². The van der Waals surface area contributed by atoms with E-state index in [-0.39, 0.29) is 58.4 Å². The standard InChI is InChI=1S/2C22H28ClN5O2/c2*1-13(29)26-15-6-4-5-14(7-15)21(30)27-20-8-16(18(23)11-24-20)17-10-25-28-12-22(2,3)9-19(17)28/h2*8,10-11,14-15H,4-7,9,12H2,1-3H3,(H,26,29)(H,24,27,30)/t2*14-,15-/m00/s1. The van der Waals surface area contributed by atoms with Crippen LogP contribution >= 0.6 is 23.2 Å². The zero-order valence-corrected chi connectivity index (χ0v) is 36.8. The van der Waals surface area contributed by atoms with Crippen molar-refractivity contribution >= 4 is 58.5 Å². The summed E-state index contributed by atoms with van der Waals surface area (Å²) >= 11 is 12.9. The number of pyridine rings is 2. The SMILES string of the molecule is CC(=O)N[C@H]1CCC[C@H](C(=O)Nc2cc(-c3cnn4c3CC(C)(C)C4)c(Cl)cn2)C1.CC(=O)N[C@H]1CCC[C@H](C(=O)Nc2cc(-c3cnn4c3CC(C)(C)C4)c(Cl)cn2)C1. The Hall–Kier alpha value is -4.82. The Balaban J connectivity index is 0.000000181. The van der Waals surface area contributed by atoms with Crippen LogP contribution in [0.4, 0.5) is 11.6 Å². The highest BCUT2D eigenvalue weighted by Crippen LogP contribution is 2.41. The van der Waals surface area contributed by atoms with Crippen molar-refractivity contribution in [3.8, 4) is 22.3 Å². The van der Waals surface area contributed by atoms with Crippen molar-refractivity contribution in [2.24, 2.45) is 22.7 Å². The first-order valence-corrected chi connectivity index (χ1v) is 21.8. The van der Waals surface area contributed by atoms with Gasteiger partial charge in [0.2, 0.25) is 23.6 Å². The van der Waals surface area contributed by atoms with Crippen molar-refractivity contribution in [3.63, 3.8) is 0 Å². The molecule has 4 aromatic heterocycles. The summed E-state index contributed by atoms with van der Waals surface area (Å²) in [4.78, 5) is 57.0. The van der Waals surface area contributed by atoms with Crippen molar-refractivity contribution in [1.82, 2.24) is 40.2 Å². The molecule has 2 aliphatic carbocycles. The van der Waals surface area contributed by atoms with E-state index >= 15 is 0 Å². The molecule has 2 saturated carbocycles. The van der Waals surface area contributed by atoms with Crippen LogP contribution in [0.25, 0.3) is 22.3 Å². The van der Waals surface area contributed by atoms with Crippen LogP contribution in [0.3, 0.4) is 0 Å². The molecule has 8 rings (SSSR count). The van der Waals surface area contributed by atoms with Gasteiger partial charge in [-0.25, -0.2) is 9.97 Å². The molecule has 4 aliphatic rings. The number of halogens is 2. The summed E-state index contributed by atoms with van der Waals surface area (Å²) in [5.41, 5.74) is 6.31. The average molecular weight is 860 g/mol. The average Bonchev–Trinajstić information content (AvgIpc) is 3.91. The number of hydrogen-bond acceptors (Lipinski definition) is 8. The van der Waals surface area contributed by atoms with Crippen LogP contribution in [0.15, 0.2) is 36.9 Å². The first-order chi connectivity index (χ1) is 28.4. The molecule has 2 fully saturated rings. The number of aromatic nitrogens is 6. The summed E-state index contributed by atoms with van der Waals surface area (Å²) in [7, 11) is 0. The monoisotopic (exact) mass is 858 g/mol. The summed E-state index contributed by atoms with van der Waals surface area (Å²) in [6, 6.07) is 3.77. The Morgan fingerprint density at radius 2 is 1.02 bits per heavy atom. The summed E-state index contributed by atoms with van der Waals surface area (Å²) in [6.45, 7) is 13.7. The van der Waals surface area contributed by atoms with Crippen LogP contribution in [0.5, 0.6) is 0 Å². The zero-order chi connectivity index (χ0) is 42.9. The molecule has 2 aliphatic heterocycles. The normalized spacial score (nSPS) is 22.4. The molecular weight excluding hydrogens is 803 g/mol. The van der Waals surface area contributed by atoms with E-state index in [1.807, 2.05) is 33.9 Å². The lowest BCUT2D eigenvalue weighted by Crippen LogP contribution is -2.40. The maximum absolute atomic E-state index is 12.8. The molecule has 16 heteroatoms. The second kappa shape index (κ2) is 17.6. The molecule has 0 saturated heterocycles. The molecule has 60 heavy (non-hydrogen) atoms. The number of amides is 4. The van der Waals surface area contributed by atoms with Gasteiger partial charge in [-0.3, -0.25) is 28.5 Å². The van der Waals surface area contributed by atoms with Crippen LogP contribution in [-0.4, -0.2) is 65.2 Å². The Labute approximate surface area is 361 Å². The summed E-state index contributed by atoms with van der Waals surface area (Å²) in [6.07, 6.45) is 15.3. The van der Waals surface area contributed by atoms with Crippen LogP contribution < -0.4 is 21.3 Å². The number of fused-ring (bicyclic) bond motifs is 2. The second-order valence-corrected chi connectivity index (χ2v) is 19.4. The third kappa shape index (κ3) is 10.2. The third-order valence-electron chi connectivity index (χ3n) is 12.0. The summed E-state index contributed by atoms with van der Waals surface area (Å²) in [5.74, 6) is 0.454. The highest BCUT2D eigenvalue weighted by molar-refractivity contribution is 6.33. The van der Waals surface area contributed by atoms with Crippen LogP contribution in [-0.2, 0) is 45.1 Å². The lowest BCUT2D eigenvalue weighted by atomic mass is 9.85. The summed E-state index contributed by atoms with van der Waals surface area (Å²) < 4.78 is 4.07. The maximum atomic E-state index is 12.8. The van der Waals surface area contributed by atoms with Gasteiger partial charge in [0.1, 0.15) is 11.6 Å².